The van der Waals surface area contributed by atoms with Crippen molar-refractivity contribution in [3.05, 3.63) is 107 Å². The maximum absolute atomic E-state index is 11.4. The fourth-order valence-electron chi connectivity index (χ4n) is 3.71. The van der Waals surface area contributed by atoms with Gasteiger partial charge >= 0.3 is 29.6 Å². The van der Waals surface area contributed by atoms with Gasteiger partial charge in [-0.25, -0.2) is 0 Å². The summed E-state index contributed by atoms with van der Waals surface area (Å²) in [5.74, 6) is 3.00. The quantitative estimate of drug-likeness (QED) is 0.348. The van der Waals surface area contributed by atoms with E-state index in [2.05, 4.69) is 37.1 Å². The van der Waals surface area contributed by atoms with Crippen LogP contribution in [0.5, 0.6) is 17.2 Å². The minimum atomic E-state index is -0.345. The molecule has 0 radical (unpaired) electrons. The zero-order chi connectivity index (χ0) is 25.0. The molecule has 1 N–H and O–H groups in total. The molecule has 1 saturated heterocycles. The van der Waals surface area contributed by atoms with E-state index in [1.165, 1.54) is 5.56 Å². The van der Waals surface area contributed by atoms with Gasteiger partial charge in [0, 0.05) is 6.04 Å². The van der Waals surface area contributed by atoms with E-state index in [4.69, 9.17) is 9.47 Å². The average molecular weight is 495 g/mol. The van der Waals surface area contributed by atoms with Crippen LogP contribution in [-0.4, -0.2) is 12.5 Å². The van der Waals surface area contributed by atoms with Crippen LogP contribution in [0.2, 0.25) is 0 Å². The van der Waals surface area contributed by atoms with Gasteiger partial charge < -0.3 is 20.1 Å². The summed E-state index contributed by atoms with van der Waals surface area (Å²) in [4.78, 5) is 11.4. The summed E-state index contributed by atoms with van der Waals surface area (Å²) in [6, 6.07) is 23.4. The Bertz CT molecular complexity index is 1120. The van der Waals surface area contributed by atoms with Crippen LogP contribution in [0.25, 0.3) is 5.32 Å². The third kappa shape index (κ3) is 9.05. The first-order valence-corrected chi connectivity index (χ1v) is 12.3. The van der Waals surface area contributed by atoms with Crippen LogP contribution in [0, 0.1) is 6.92 Å². The molecule has 1 heterocycles. The van der Waals surface area contributed by atoms with Crippen molar-refractivity contribution in [2.75, 3.05) is 6.61 Å². The molecule has 0 saturated carbocycles. The summed E-state index contributed by atoms with van der Waals surface area (Å²) in [5, 5.41) is 6.67. The molecule has 1 fully saturated rings. The van der Waals surface area contributed by atoms with Gasteiger partial charge in [0.25, 0.3) is 0 Å². The molecule has 3 aromatic carbocycles. The molecule has 1 aliphatic rings. The summed E-state index contributed by atoms with van der Waals surface area (Å²) in [6.45, 7) is 10.7. The molecule has 0 aromatic heterocycles. The van der Waals surface area contributed by atoms with E-state index in [0.29, 0.717) is 5.82 Å². The molecule has 36 heavy (non-hydrogen) atoms. The normalized spacial score (nSPS) is 14.0. The summed E-state index contributed by atoms with van der Waals surface area (Å²) >= 11 is 0. The Balaban J connectivity index is 0.000000265. The molecule has 0 spiro atoms. The van der Waals surface area contributed by atoms with Crippen LogP contribution in [0.1, 0.15) is 55.8 Å². The smallest absolute Gasteiger partial charge is 0.493 e. The number of hydrogen-bond donors (Lipinski definition) is 1. The molecule has 4 rings (SSSR count). The van der Waals surface area contributed by atoms with Crippen molar-refractivity contribution in [3.8, 4) is 17.2 Å². The fraction of sp³-hybridized carbons (Fsp3) is 0.300. The summed E-state index contributed by atoms with van der Waals surface area (Å²) < 4.78 is 11.8. The maximum Gasteiger partial charge on any atom is 1.00 e. The van der Waals surface area contributed by atoms with Crippen molar-refractivity contribution >= 4 is 5.91 Å². The number of amides is 1. The monoisotopic (exact) mass is 494 g/mol. The zero-order valence-electron chi connectivity index (χ0n) is 21.9. The predicted octanol–water partition coefficient (Wildman–Crippen LogP) is 4.63. The topological polar surface area (TPSA) is 61.7 Å². The minimum absolute atomic E-state index is 0. The van der Waals surface area contributed by atoms with Crippen molar-refractivity contribution in [2.45, 2.75) is 52.5 Å². The zero-order valence-corrected chi connectivity index (χ0v) is 23.9. The van der Waals surface area contributed by atoms with E-state index >= 15 is 0 Å². The van der Waals surface area contributed by atoms with E-state index in [-0.39, 0.29) is 41.5 Å². The van der Waals surface area contributed by atoms with E-state index in [1.807, 2.05) is 73.7 Å². The number of benzene rings is 3. The number of carbonyl (C=O) groups excluding carboxylic acids is 1. The Morgan fingerprint density at radius 1 is 0.944 bits per heavy atom. The molecule has 184 valence electrons. The standard InChI is InChI=1S/C19H24O2.C11H12N2O.Na/c1-3-5-14-20-19-13-12-18(15-16(19)9-4-2)21-17-10-7-6-8-11-17;1-7-4-3-5-9(6-7)10-11(14)13-8(2)12-10;/h6-8,10-13,15H,3-5,9,14H2,1-2H3;3-6,10,12H,2H2,1H3,(H,13,14);/q;;+1/p-1. The molecule has 0 bridgehead atoms. The second kappa shape index (κ2) is 15.4. The Morgan fingerprint density at radius 2 is 1.72 bits per heavy atom. The van der Waals surface area contributed by atoms with Crippen molar-refractivity contribution < 1.29 is 43.8 Å². The fourth-order valence-corrected chi connectivity index (χ4v) is 3.71. The second-order valence-corrected chi connectivity index (χ2v) is 8.52. The third-order valence-electron chi connectivity index (χ3n) is 5.46. The van der Waals surface area contributed by atoms with Gasteiger partial charge in [-0.05, 0) is 61.2 Å². The number of carbonyl (C=O) groups is 1. The van der Waals surface area contributed by atoms with Gasteiger partial charge in [0.2, 0.25) is 0 Å². The SMILES string of the molecule is C=C1[N-]C(=O)C(c2cccc(C)c2)N1.CCCCOc1ccc(Oc2ccccc2)cc1CCC.[Na+]. The first-order valence-electron chi connectivity index (χ1n) is 12.3. The van der Waals surface area contributed by atoms with Crippen molar-refractivity contribution in [2.24, 2.45) is 0 Å². The Morgan fingerprint density at radius 3 is 2.36 bits per heavy atom. The van der Waals surface area contributed by atoms with Crippen LogP contribution in [0.3, 0.4) is 0 Å². The van der Waals surface area contributed by atoms with Gasteiger partial charge in [0.15, 0.2) is 5.91 Å². The Labute approximate surface area is 237 Å². The van der Waals surface area contributed by atoms with Gasteiger partial charge in [-0.15, -0.1) is 6.58 Å². The molecule has 1 atom stereocenters. The van der Waals surface area contributed by atoms with Gasteiger partial charge in [0.1, 0.15) is 17.2 Å². The van der Waals surface area contributed by atoms with Crippen LogP contribution in [0.4, 0.5) is 0 Å². The molecular weight excluding hydrogens is 459 g/mol. The van der Waals surface area contributed by atoms with Gasteiger partial charge in [-0.3, -0.25) is 4.79 Å². The van der Waals surface area contributed by atoms with Crippen molar-refractivity contribution in [1.82, 2.24) is 5.32 Å². The second-order valence-electron chi connectivity index (χ2n) is 8.52. The van der Waals surface area contributed by atoms with Gasteiger partial charge in [-0.2, -0.15) is 0 Å². The summed E-state index contributed by atoms with van der Waals surface area (Å²) in [7, 11) is 0. The van der Waals surface area contributed by atoms with Crippen LogP contribution in [-0.2, 0) is 11.2 Å². The number of nitrogens with one attached hydrogen (secondary N) is 1. The minimum Gasteiger partial charge on any atom is -0.493 e. The number of ether oxygens (including phenoxy) is 2. The van der Waals surface area contributed by atoms with E-state index < -0.39 is 0 Å². The number of nitrogens with zero attached hydrogens (tertiary/aromatic N) is 1. The van der Waals surface area contributed by atoms with Crippen LogP contribution in [0.15, 0.2) is 85.2 Å². The van der Waals surface area contributed by atoms with E-state index in [0.717, 1.165) is 60.7 Å². The summed E-state index contributed by atoms with van der Waals surface area (Å²) in [6.07, 6.45) is 4.35. The average Bonchev–Trinajstić information content (AvgIpc) is 3.20. The number of aryl methyl sites for hydroxylation is 2. The van der Waals surface area contributed by atoms with Crippen LogP contribution < -0.4 is 44.3 Å². The molecule has 0 aliphatic carbocycles. The first-order chi connectivity index (χ1) is 17.0. The molecule has 1 aliphatic heterocycles. The number of hydrogen-bond acceptors (Lipinski definition) is 4. The molecular formula is C30H35N2NaO3. The Kier molecular flexibility index (Phi) is 12.6. The van der Waals surface area contributed by atoms with Crippen LogP contribution >= 0.6 is 0 Å². The van der Waals surface area contributed by atoms with Gasteiger partial charge in [0.05, 0.1) is 6.61 Å². The first kappa shape index (κ1) is 29.5. The molecule has 1 unspecified atom stereocenters. The number of para-hydroxylation sites is 1. The molecule has 1 amide bonds. The number of unbranched alkanes of at least 4 members (excludes halogenated alkanes) is 1. The van der Waals surface area contributed by atoms with E-state index in [9.17, 15) is 4.79 Å². The molecule has 5 nitrogen and oxygen atoms in total. The number of rotatable bonds is 9. The molecule has 6 heteroatoms. The van der Waals surface area contributed by atoms with E-state index in [1.54, 1.807) is 0 Å². The van der Waals surface area contributed by atoms with Crippen molar-refractivity contribution in [1.29, 1.82) is 0 Å². The predicted molar refractivity (Wildman–Crippen MR) is 142 cm³/mol. The largest absolute Gasteiger partial charge is 1.00 e. The third-order valence-corrected chi connectivity index (χ3v) is 5.46. The van der Waals surface area contributed by atoms with Gasteiger partial charge in [-0.1, -0.05) is 80.5 Å². The van der Waals surface area contributed by atoms with Crippen molar-refractivity contribution in [3.63, 3.8) is 0 Å². The maximum atomic E-state index is 11.4. The molecule has 3 aromatic rings. The summed E-state index contributed by atoms with van der Waals surface area (Å²) in [5.41, 5.74) is 3.30. The Hall–Kier alpha value is -2.73.